The standard InChI is InChI=1S/C16H11BrClFN4O/c1-9-15(16(24)20-14-6-5-10(17)7-13(14)19)22-23(21-9)12-4-2-3-11(18)8-12/h2-8H,1H3,(H,20,24). The summed E-state index contributed by atoms with van der Waals surface area (Å²) < 4.78 is 14.4. The molecule has 0 saturated carbocycles. The third-order valence-electron chi connectivity index (χ3n) is 3.22. The van der Waals surface area contributed by atoms with Gasteiger partial charge in [-0.1, -0.05) is 33.6 Å². The first-order valence-corrected chi connectivity index (χ1v) is 8.07. The summed E-state index contributed by atoms with van der Waals surface area (Å²) in [6, 6.07) is 11.3. The molecule has 24 heavy (non-hydrogen) atoms. The Kier molecular flexibility index (Phi) is 4.64. The number of halogens is 3. The van der Waals surface area contributed by atoms with Gasteiger partial charge in [-0.05, 0) is 43.3 Å². The quantitative estimate of drug-likeness (QED) is 0.698. The highest BCUT2D eigenvalue weighted by atomic mass is 79.9. The van der Waals surface area contributed by atoms with Crippen LogP contribution in [-0.4, -0.2) is 20.9 Å². The molecule has 8 heteroatoms. The van der Waals surface area contributed by atoms with Crippen molar-refractivity contribution in [1.82, 2.24) is 15.0 Å². The molecule has 1 N–H and O–H groups in total. The van der Waals surface area contributed by atoms with Crippen LogP contribution in [-0.2, 0) is 0 Å². The second kappa shape index (κ2) is 6.70. The minimum atomic E-state index is -0.544. The number of carbonyl (C=O) groups excluding carboxylic acids is 1. The highest BCUT2D eigenvalue weighted by Crippen LogP contribution is 2.20. The van der Waals surface area contributed by atoms with Gasteiger partial charge in [-0.2, -0.15) is 9.90 Å². The Bertz CT molecular complexity index is 928. The number of nitrogens with one attached hydrogen (secondary N) is 1. The Morgan fingerprint density at radius 1 is 1.25 bits per heavy atom. The fourth-order valence-corrected chi connectivity index (χ4v) is 2.59. The van der Waals surface area contributed by atoms with Crippen molar-refractivity contribution >= 4 is 39.1 Å². The maximum Gasteiger partial charge on any atom is 0.278 e. The first-order chi connectivity index (χ1) is 11.4. The van der Waals surface area contributed by atoms with Crippen molar-refractivity contribution in [3.05, 3.63) is 69.2 Å². The number of amides is 1. The van der Waals surface area contributed by atoms with Gasteiger partial charge in [0.05, 0.1) is 17.1 Å². The van der Waals surface area contributed by atoms with Crippen molar-refractivity contribution in [3.63, 3.8) is 0 Å². The fraction of sp³-hybridized carbons (Fsp3) is 0.0625. The van der Waals surface area contributed by atoms with E-state index in [-0.39, 0.29) is 11.4 Å². The Morgan fingerprint density at radius 2 is 2.04 bits per heavy atom. The number of hydrogen-bond donors (Lipinski definition) is 1. The highest BCUT2D eigenvalue weighted by molar-refractivity contribution is 9.10. The van der Waals surface area contributed by atoms with E-state index in [4.69, 9.17) is 11.6 Å². The maximum absolute atomic E-state index is 13.8. The van der Waals surface area contributed by atoms with Gasteiger partial charge in [-0.15, -0.1) is 5.10 Å². The van der Waals surface area contributed by atoms with Crippen LogP contribution < -0.4 is 5.32 Å². The second-order valence-electron chi connectivity index (χ2n) is 4.98. The number of rotatable bonds is 3. The SMILES string of the molecule is Cc1nn(-c2cccc(Cl)c2)nc1C(=O)Nc1ccc(Br)cc1F. The molecule has 0 spiro atoms. The predicted octanol–water partition coefficient (Wildman–Crippen LogP) is 4.38. The van der Waals surface area contributed by atoms with Crippen molar-refractivity contribution in [2.75, 3.05) is 5.32 Å². The van der Waals surface area contributed by atoms with Gasteiger partial charge in [-0.25, -0.2) is 4.39 Å². The number of benzene rings is 2. The summed E-state index contributed by atoms with van der Waals surface area (Å²) in [5, 5.41) is 11.4. The van der Waals surface area contributed by atoms with Crippen LogP contribution >= 0.6 is 27.5 Å². The molecule has 0 bridgehead atoms. The molecule has 0 radical (unpaired) electrons. The Balaban J connectivity index is 1.88. The lowest BCUT2D eigenvalue weighted by molar-refractivity contribution is 0.102. The first-order valence-electron chi connectivity index (χ1n) is 6.90. The van der Waals surface area contributed by atoms with Crippen LogP contribution in [0.5, 0.6) is 0 Å². The fourth-order valence-electron chi connectivity index (χ4n) is 2.08. The summed E-state index contributed by atoms with van der Waals surface area (Å²) >= 11 is 9.11. The monoisotopic (exact) mass is 408 g/mol. The van der Waals surface area contributed by atoms with E-state index in [0.717, 1.165) is 0 Å². The zero-order valence-corrected chi connectivity index (χ0v) is 14.8. The molecule has 1 heterocycles. The number of aryl methyl sites for hydroxylation is 1. The van der Waals surface area contributed by atoms with Crippen molar-refractivity contribution in [3.8, 4) is 5.69 Å². The predicted molar refractivity (Wildman–Crippen MR) is 93.2 cm³/mol. The summed E-state index contributed by atoms with van der Waals surface area (Å²) in [5.41, 5.74) is 1.22. The zero-order chi connectivity index (χ0) is 17.3. The van der Waals surface area contributed by atoms with E-state index in [1.807, 2.05) is 0 Å². The molecule has 0 unspecified atom stereocenters. The van der Waals surface area contributed by atoms with Gasteiger partial charge in [0, 0.05) is 9.50 Å². The number of hydrogen-bond acceptors (Lipinski definition) is 3. The average Bonchev–Trinajstić information content (AvgIpc) is 2.92. The highest BCUT2D eigenvalue weighted by Gasteiger charge is 2.18. The maximum atomic E-state index is 13.8. The van der Waals surface area contributed by atoms with Gasteiger partial charge in [0.25, 0.3) is 5.91 Å². The van der Waals surface area contributed by atoms with Gasteiger partial charge >= 0.3 is 0 Å². The van der Waals surface area contributed by atoms with E-state index in [1.165, 1.54) is 16.9 Å². The van der Waals surface area contributed by atoms with Gasteiger partial charge < -0.3 is 5.32 Å². The third kappa shape index (κ3) is 3.47. The molecule has 2 aromatic carbocycles. The van der Waals surface area contributed by atoms with Crippen LogP contribution in [0.3, 0.4) is 0 Å². The lowest BCUT2D eigenvalue weighted by Crippen LogP contribution is -2.15. The lowest BCUT2D eigenvalue weighted by Gasteiger charge is -2.05. The van der Waals surface area contributed by atoms with E-state index < -0.39 is 11.7 Å². The Hall–Kier alpha value is -2.25. The summed E-state index contributed by atoms with van der Waals surface area (Å²) in [7, 11) is 0. The molecule has 0 fully saturated rings. The molecular weight excluding hydrogens is 399 g/mol. The summed E-state index contributed by atoms with van der Waals surface area (Å²) in [6.07, 6.45) is 0. The van der Waals surface area contributed by atoms with Crippen LogP contribution in [0.15, 0.2) is 46.9 Å². The van der Waals surface area contributed by atoms with Crippen LogP contribution in [0.1, 0.15) is 16.2 Å². The molecule has 0 aliphatic rings. The van der Waals surface area contributed by atoms with Crippen LogP contribution in [0.25, 0.3) is 5.69 Å². The number of nitrogens with zero attached hydrogens (tertiary/aromatic N) is 3. The van der Waals surface area contributed by atoms with E-state index in [2.05, 4.69) is 31.4 Å². The van der Waals surface area contributed by atoms with Crippen molar-refractivity contribution < 1.29 is 9.18 Å². The molecule has 3 aromatic rings. The van der Waals surface area contributed by atoms with Crippen LogP contribution in [0, 0.1) is 12.7 Å². The molecule has 122 valence electrons. The van der Waals surface area contributed by atoms with Crippen molar-refractivity contribution in [2.24, 2.45) is 0 Å². The number of carbonyl (C=O) groups is 1. The van der Waals surface area contributed by atoms with E-state index in [0.29, 0.717) is 20.9 Å². The molecular formula is C16H11BrClFN4O. The minimum absolute atomic E-state index is 0.0694. The molecule has 0 aliphatic carbocycles. The summed E-state index contributed by atoms with van der Waals surface area (Å²) in [4.78, 5) is 13.7. The molecule has 1 aromatic heterocycles. The van der Waals surface area contributed by atoms with E-state index >= 15 is 0 Å². The molecule has 3 rings (SSSR count). The van der Waals surface area contributed by atoms with Gasteiger partial charge in [0.15, 0.2) is 5.69 Å². The van der Waals surface area contributed by atoms with Gasteiger partial charge in [-0.3, -0.25) is 4.79 Å². The summed E-state index contributed by atoms with van der Waals surface area (Å²) in [5.74, 6) is -1.08. The molecule has 0 aliphatic heterocycles. The van der Waals surface area contributed by atoms with Gasteiger partial charge in [0.1, 0.15) is 5.82 Å². The molecule has 0 atom stereocenters. The molecule has 5 nitrogen and oxygen atoms in total. The minimum Gasteiger partial charge on any atom is -0.318 e. The Morgan fingerprint density at radius 3 is 2.75 bits per heavy atom. The van der Waals surface area contributed by atoms with Crippen LogP contribution in [0.2, 0.25) is 5.02 Å². The summed E-state index contributed by atoms with van der Waals surface area (Å²) in [6.45, 7) is 1.65. The smallest absolute Gasteiger partial charge is 0.278 e. The largest absolute Gasteiger partial charge is 0.318 e. The number of aromatic nitrogens is 3. The van der Waals surface area contributed by atoms with E-state index in [9.17, 15) is 9.18 Å². The van der Waals surface area contributed by atoms with E-state index in [1.54, 1.807) is 37.3 Å². The normalized spacial score (nSPS) is 10.7. The van der Waals surface area contributed by atoms with Crippen molar-refractivity contribution in [1.29, 1.82) is 0 Å². The van der Waals surface area contributed by atoms with Gasteiger partial charge in [0.2, 0.25) is 0 Å². The van der Waals surface area contributed by atoms with Crippen LogP contribution in [0.4, 0.5) is 10.1 Å². The number of anilines is 1. The molecule has 1 amide bonds. The topological polar surface area (TPSA) is 59.8 Å². The molecule has 0 saturated heterocycles. The second-order valence-corrected chi connectivity index (χ2v) is 6.33. The van der Waals surface area contributed by atoms with Crippen molar-refractivity contribution in [2.45, 2.75) is 6.92 Å². The Labute approximate surface area is 150 Å². The third-order valence-corrected chi connectivity index (χ3v) is 3.94. The zero-order valence-electron chi connectivity index (χ0n) is 12.4. The average molecular weight is 410 g/mol. The lowest BCUT2D eigenvalue weighted by atomic mass is 10.2. The first kappa shape index (κ1) is 16.6.